The van der Waals surface area contributed by atoms with Crippen LogP contribution in [0.1, 0.15) is 30.4 Å². The smallest absolute Gasteiger partial charge is 0.316 e. The van der Waals surface area contributed by atoms with Crippen molar-refractivity contribution in [3.05, 3.63) is 82.9 Å². The van der Waals surface area contributed by atoms with Crippen LogP contribution in [-0.2, 0) is 11.2 Å². The average molecular weight is 314 g/mol. The van der Waals surface area contributed by atoms with Crippen molar-refractivity contribution in [2.75, 3.05) is 6.61 Å². The van der Waals surface area contributed by atoms with Gasteiger partial charge in [-0.05, 0) is 30.9 Å². The van der Waals surface area contributed by atoms with Gasteiger partial charge in [0.25, 0.3) is 0 Å². The highest BCUT2D eigenvalue weighted by molar-refractivity contribution is 5.37. The van der Waals surface area contributed by atoms with Gasteiger partial charge in [0, 0.05) is 11.5 Å². The van der Waals surface area contributed by atoms with Crippen LogP contribution in [0.5, 0.6) is 0 Å². The number of hydrogen-bond acceptors (Lipinski definition) is 1. The second kappa shape index (κ2) is 6.63. The molecular formula is C20H20F2O. The maximum atomic E-state index is 14.2. The molecule has 3 heteroatoms. The summed E-state index contributed by atoms with van der Waals surface area (Å²) in [5.74, 6) is -0.359. The summed E-state index contributed by atoms with van der Waals surface area (Å²) < 4.78 is 33.3. The van der Waals surface area contributed by atoms with E-state index in [1.807, 2.05) is 60.7 Å². The first kappa shape index (κ1) is 15.9. The molecule has 0 saturated carbocycles. The van der Waals surface area contributed by atoms with Crippen molar-refractivity contribution < 1.29 is 13.5 Å². The Morgan fingerprint density at radius 2 is 1.65 bits per heavy atom. The van der Waals surface area contributed by atoms with Crippen LogP contribution in [0, 0.1) is 0 Å². The summed E-state index contributed by atoms with van der Waals surface area (Å²) >= 11 is 0. The number of benzene rings is 2. The summed E-state index contributed by atoms with van der Waals surface area (Å²) in [6.07, 6.45) is -1.79. The van der Waals surface area contributed by atoms with Crippen molar-refractivity contribution in [1.82, 2.24) is 0 Å². The minimum atomic E-state index is -3.17. The molecule has 2 aromatic carbocycles. The highest BCUT2D eigenvalue weighted by atomic mass is 19.3. The van der Waals surface area contributed by atoms with Crippen LogP contribution in [0.2, 0.25) is 0 Å². The third-order valence-electron chi connectivity index (χ3n) is 4.39. The molecular weight excluding hydrogens is 294 g/mol. The molecule has 1 aliphatic heterocycles. The van der Waals surface area contributed by atoms with Gasteiger partial charge in [0.05, 0.1) is 6.61 Å². The normalized spacial score (nSPS) is 22.1. The minimum Gasteiger partial charge on any atom is -0.316 e. The number of alkyl halides is 2. The first-order chi connectivity index (χ1) is 11.1. The van der Waals surface area contributed by atoms with Crippen molar-refractivity contribution in [2.24, 2.45) is 0 Å². The summed E-state index contributed by atoms with van der Waals surface area (Å²) in [4.78, 5) is 0. The number of aryl methyl sites for hydroxylation is 1. The quantitative estimate of drug-likeness (QED) is 0.692. The van der Waals surface area contributed by atoms with E-state index < -0.39 is 6.11 Å². The fourth-order valence-electron chi connectivity index (χ4n) is 3.16. The second-order valence-corrected chi connectivity index (χ2v) is 5.97. The maximum Gasteiger partial charge on any atom is 0.380 e. The lowest BCUT2D eigenvalue weighted by Gasteiger charge is -2.18. The summed E-state index contributed by atoms with van der Waals surface area (Å²) in [7, 11) is 0. The average Bonchev–Trinajstić information content (AvgIpc) is 2.90. The predicted octanol–water partition coefficient (Wildman–Crippen LogP) is 5.34. The van der Waals surface area contributed by atoms with Crippen molar-refractivity contribution in [1.29, 1.82) is 0 Å². The highest BCUT2D eigenvalue weighted by Gasteiger charge is 2.48. The van der Waals surface area contributed by atoms with Gasteiger partial charge in [-0.1, -0.05) is 66.2 Å². The van der Waals surface area contributed by atoms with Gasteiger partial charge in [-0.15, -0.1) is 0 Å². The molecule has 3 rings (SSSR count). The zero-order chi connectivity index (χ0) is 16.3. The van der Waals surface area contributed by atoms with Crippen molar-refractivity contribution in [3.63, 3.8) is 0 Å². The molecule has 2 aromatic rings. The number of hydrogen-bond donors (Lipinski definition) is 0. The molecule has 1 nitrogen and oxygen atoms in total. The zero-order valence-electron chi connectivity index (χ0n) is 13.1. The van der Waals surface area contributed by atoms with E-state index in [-0.39, 0.29) is 18.1 Å². The Morgan fingerprint density at radius 1 is 1.04 bits per heavy atom. The Hall–Kier alpha value is -2.00. The van der Waals surface area contributed by atoms with Crippen molar-refractivity contribution in [3.8, 4) is 0 Å². The van der Waals surface area contributed by atoms with Gasteiger partial charge in [0.2, 0.25) is 0 Å². The molecule has 1 unspecified atom stereocenters. The SMILES string of the molecule is C/C(CCc1ccccc1)=C1/C(c2ccccc2)COC1(F)F. The van der Waals surface area contributed by atoms with Crippen LogP contribution in [0.3, 0.4) is 0 Å². The Bertz CT molecular complexity index is 677. The maximum absolute atomic E-state index is 14.2. The van der Waals surface area contributed by atoms with E-state index in [2.05, 4.69) is 0 Å². The number of allylic oxidation sites excluding steroid dienone is 1. The van der Waals surface area contributed by atoms with Gasteiger partial charge in [-0.2, -0.15) is 8.78 Å². The van der Waals surface area contributed by atoms with Crippen LogP contribution in [0.15, 0.2) is 71.8 Å². The topological polar surface area (TPSA) is 9.23 Å². The van der Waals surface area contributed by atoms with Crippen LogP contribution in [0.25, 0.3) is 0 Å². The standard InChI is InChI=1S/C20H20F2O/c1-15(12-13-16-8-4-2-5-9-16)19-18(14-23-20(19,21)22)17-10-6-3-7-11-17/h2-11,18H,12-14H2,1H3/b19-15+. The van der Waals surface area contributed by atoms with Crippen molar-refractivity contribution in [2.45, 2.75) is 31.8 Å². The molecule has 0 radical (unpaired) electrons. The minimum absolute atomic E-state index is 0.0367. The lowest BCUT2D eigenvalue weighted by Crippen LogP contribution is -2.18. The fourth-order valence-corrected chi connectivity index (χ4v) is 3.16. The summed E-state index contributed by atoms with van der Waals surface area (Å²) in [6.45, 7) is 1.84. The van der Waals surface area contributed by atoms with E-state index in [0.717, 1.165) is 23.1 Å². The molecule has 1 saturated heterocycles. The summed E-state index contributed by atoms with van der Waals surface area (Å²) in [5, 5.41) is 0. The highest BCUT2D eigenvalue weighted by Crippen LogP contribution is 2.46. The zero-order valence-corrected chi connectivity index (χ0v) is 13.1. The predicted molar refractivity (Wildman–Crippen MR) is 87.5 cm³/mol. The Morgan fingerprint density at radius 3 is 2.30 bits per heavy atom. The van der Waals surface area contributed by atoms with Crippen LogP contribution < -0.4 is 0 Å². The van der Waals surface area contributed by atoms with Gasteiger partial charge in [0.1, 0.15) is 0 Å². The van der Waals surface area contributed by atoms with E-state index >= 15 is 0 Å². The third kappa shape index (κ3) is 3.50. The monoisotopic (exact) mass is 314 g/mol. The van der Waals surface area contributed by atoms with E-state index in [0.29, 0.717) is 6.42 Å². The molecule has 0 N–H and O–H groups in total. The molecule has 0 amide bonds. The lowest BCUT2D eigenvalue weighted by molar-refractivity contribution is -0.182. The number of halogens is 2. The Balaban J connectivity index is 1.86. The number of ether oxygens (including phenoxy) is 1. The molecule has 1 fully saturated rings. The van der Waals surface area contributed by atoms with Gasteiger partial charge >= 0.3 is 6.11 Å². The second-order valence-electron chi connectivity index (χ2n) is 5.97. The molecule has 1 aliphatic rings. The van der Waals surface area contributed by atoms with E-state index in [1.165, 1.54) is 0 Å². The molecule has 0 aliphatic carbocycles. The van der Waals surface area contributed by atoms with E-state index in [9.17, 15) is 8.78 Å². The third-order valence-corrected chi connectivity index (χ3v) is 4.39. The summed E-state index contributed by atoms with van der Waals surface area (Å²) in [5.41, 5.74) is 2.91. The van der Waals surface area contributed by atoms with Gasteiger partial charge < -0.3 is 4.74 Å². The Labute approximate surface area is 135 Å². The van der Waals surface area contributed by atoms with Crippen molar-refractivity contribution >= 4 is 0 Å². The molecule has 1 heterocycles. The fraction of sp³-hybridized carbons (Fsp3) is 0.300. The first-order valence-corrected chi connectivity index (χ1v) is 7.88. The van der Waals surface area contributed by atoms with E-state index in [1.54, 1.807) is 6.92 Å². The summed E-state index contributed by atoms with van der Waals surface area (Å²) in [6, 6.07) is 19.4. The van der Waals surface area contributed by atoms with E-state index in [4.69, 9.17) is 4.74 Å². The lowest BCUT2D eigenvalue weighted by atomic mass is 9.88. The van der Waals surface area contributed by atoms with Crippen LogP contribution in [-0.4, -0.2) is 12.7 Å². The van der Waals surface area contributed by atoms with Gasteiger partial charge in [-0.25, -0.2) is 0 Å². The van der Waals surface area contributed by atoms with Crippen LogP contribution in [0.4, 0.5) is 8.78 Å². The van der Waals surface area contributed by atoms with Gasteiger partial charge in [-0.3, -0.25) is 0 Å². The molecule has 1 atom stereocenters. The molecule has 0 spiro atoms. The Kier molecular flexibility index (Phi) is 4.58. The van der Waals surface area contributed by atoms with Crippen LogP contribution >= 0.6 is 0 Å². The molecule has 120 valence electrons. The molecule has 0 bridgehead atoms. The number of rotatable bonds is 4. The molecule has 0 aromatic heterocycles. The van der Waals surface area contributed by atoms with Gasteiger partial charge in [0.15, 0.2) is 0 Å². The molecule has 23 heavy (non-hydrogen) atoms. The first-order valence-electron chi connectivity index (χ1n) is 7.88. The largest absolute Gasteiger partial charge is 0.380 e.